The maximum absolute atomic E-state index is 14.3. The van der Waals surface area contributed by atoms with Crippen molar-refractivity contribution in [1.82, 2.24) is 24.9 Å². The van der Waals surface area contributed by atoms with Gasteiger partial charge < -0.3 is 14.2 Å². The first-order chi connectivity index (χ1) is 16.4. The van der Waals surface area contributed by atoms with Gasteiger partial charge in [0, 0.05) is 24.7 Å². The summed E-state index contributed by atoms with van der Waals surface area (Å²) in [6.45, 7) is 1.67. The summed E-state index contributed by atoms with van der Waals surface area (Å²) in [7, 11) is -4.56. The van der Waals surface area contributed by atoms with Crippen molar-refractivity contribution in [2.24, 2.45) is 0 Å². The van der Waals surface area contributed by atoms with Crippen molar-refractivity contribution >= 4 is 15.9 Å². The lowest BCUT2D eigenvalue weighted by Gasteiger charge is -2.28. The van der Waals surface area contributed by atoms with Gasteiger partial charge in [0.1, 0.15) is 23.5 Å². The van der Waals surface area contributed by atoms with Crippen LogP contribution in [-0.4, -0.2) is 64.2 Å². The Hall–Kier alpha value is -3.68. The zero-order valence-corrected chi connectivity index (χ0v) is 18.5. The predicted octanol–water partition coefficient (Wildman–Crippen LogP) is 2.27. The van der Waals surface area contributed by atoms with Crippen molar-refractivity contribution in [3.05, 3.63) is 60.2 Å². The van der Waals surface area contributed by atoms with E-state index in [0.29, 0.717) is 48.9 Å². The molecule has 176 valence electrons. The molecule has 0 radical (unpaired) electrons. The fraction of sp³-hybridized carbons (Fsp3) is 0.238. The highest BCUT2D eigenvalue weighted by Gasteiger charge is 2.26. The summed E-state index contributed by atoms with van der Waals surface area (Å²) in [6, 6.07) is 9.64. The Morgan fingerprint density at radius 1 is 1.12 bits per heavy atom. The van der Waals surface area contributed by atoms with E-state index in [1.54, 1.807) is 39.9 Å². The van der Waals surface area contributed by atoms with E-state index < -0.39 is 15.0 Å². The van der Waals surface area contributed by atoms with Gasteiger partial charge in [-0.25, -0.2) is 14.4 Å². The summed E-state index contributed by atoms with van der Waals surface area (Å²) >= 11 is 0. The number of ether oxygens (including phenoxy) is 1. The molecule has 11 nitrogen and oxygen atoms in total. The molecule has 1 aromatic carbocycles. The van der Waals surface area contributed by atoms with Gasteiger partial charge in [0.05, 0.1) is 31.6 Å². The molecule has 0 aliphatic carbocycles. The first-order valence-corrected chi connectivity index (χ1v) is 11.7. The number of nitrogens with zero attached hydrogens (tertiary/aromatic N) is 6. The zero-order valence-electron chi connectivity index (χ0n) is 17.7. The number of halogens is 1. The quantitative estimate of drug-likeness (QED) is 0.404. The van der Waals surface area contributed by atoms with Crippen LogP contribution in [0.25, 0.3) is 22.9 Å². The Labute approximate surface area is 193 Å². The molecule has 1 aliphatic heterocycles. The SMILES string of the molecule is O=S(=O)(O)c1cnc(-c2cc(-c3ccon3)n(Cc3ccccc3F)n2)nc1N1CCOCC1. The van der Waals surface area contributed by atoms with Crippen LogP contribution in [0.3, 0.4) is 0 Å². The van der Waals surface area contributed by atoms with Gasteiger partial charge in [-0.3, -0.25) is 9.23 Å². The number of hydrogen-bond donors (Lipinski definition) is 1. The van der Waals surface area contributed by atoms with Gasteiger partial charge in [0.2, 0.25) is 0 Å². The minimum absolute atomic E-state index is 0.0578. The number of hydrogen-bond acceptors (Lipinski definition) is 9. The topological polar surface area (TPSA) is 136 Å². The first-order valence-electron chi connectivity index (χ1n) is 10.3. The van der Waals surface area contributed by atoms with Crippen LogP contribution < -0.4 is 4.90 Å². The first kappa shape index (κ1) is 22.1. The van der Waals surface area contributed by atoms with E-state index in [-0.39, 0.29) is 24.0 Å². The highest BCUT2D eigenvalue weighted by molar-refractivity contribution is 7.86. The van der Waals surface area contributed by atoms with Crippen molar-refractivity contribution in [2.45, 2.75) is 11.4 Å². The Balaban J connectivity index is 1.60. The molecular weight excluding hydrogens is 467 g/mol. The number of benzene rings is 1. The van der Waals surface area contributed by atoms with Crippen LogP contribution in [0.15, 0.2) is 58.3 Å². The number of rotatable bonds is 6. The Bertz CT molecular complexity index is 1420. The average Bonchev–Trinajstić information content (AvgIpc) is 3.50. The third-order valence-electron chi connectivity index (χ3n) is 5.31. The fourth-order valence-electron chi connectivity index (χ4n) is 3.65. The maximum atomic E-state index is 14.3. The molecule has 5 rings (SSSR count). The lowest BCUT2D eigenvalue weighted by Crippen LogP contribution is -2.37. The minimum atomic E-state index is -4.56. The molecule has 1 aliphatic rings. The lowest BCUT2D eigenvalue weighted by molar-refractivity contribution is 0.122. The van der Waals surface area contributed by atoms with Gasteiger partial charge in [0.15, 0.2) is 16.5 Å². The zero-order chi connectivity index (χ0) is 23.7. The van der Waals surface area contributed by atoms with Crippen molar-refractivity contribution in [1.29, 1.82) is 0 Å². The van der Waals surface area contributed by atoms with Crippen LogP contribution in [0, 0.1) is 5.82 Å². The third kappa shape index (κ3) is 4.40. The second-order valence-electron chi connectivity index (χ2n) is 7.50. The van der Waals surface area contributed by atoms with E-state index in [9.17, 15) is 17.4 Å². The summed E-state index contributed by atoms with van der Waals surface area (Å²) in [4.78, 5) is 9.85. The maximum Gasteiger partial charge on any atom is 0.299 e. The lowest BCUT2D eigenvalue weighted by atomic mass is 10.2. The molecule has 1 N–H and O–H groups in total. The summed E-state index contributed by atoms with van der Waals surface area (Å²) in [5, 5.41) is 8.49. The summed E-state index contributed by atoms with van der Waals surface area (Å²) in [5.74, 6) is -0.192. The van der Waals surface area contributed by atoms with Crippen LogP contribution in [0.5, 0.6) is 0 Å². The van der Waals surface area contributed by atoms with Gasteiger partial charge in [-0.15, -0.1) is 0 Å². The van der Waals surface area contributed by atoms with Crippen molar-refractivity contribution in [2.75, 3.05) is 31.2 Å². The van der Waals surface area contributed by atoms with E-state index in [2.05, 4.69) is 20.2 Å². The van der Waals surface area contributed by atoms with Gasteiger partial charge in [0.25, 0.3) is 10.1 Å². The Morgan fingerprint density at radius 3 is 2.62 bits per heavy atom. The monoisotopic (exact) mass is 486 g/mol. The molecule has 0 spiro atoms. The normalized spacial score (nSPS) is 14.5. The van der Waals surface area contributed by atoms with E-state index in [1.807, 2.05) is 0 Å². The highest BCUT2D eigenvalue weighted by Crippen LogP contribution is 2.29. The molecule has 0 atom stereocenters. The molecule has 13 heteroatoms. The largest absolute Gasteiger partial charge is 0.378 e. The molecule has 4 aromatic rings. The van der Waals surface area contributed by atoms with Crippen molar-refractivity contribution in [3.8, 4) is 22.9 Å². The molecule has 4 heterocycles. The van der Waals surface area contributed by atoms with Crippen LogP contribution >= 0.6 is 0 Å². The van der Waals surface area contributed by atoms with Gasteiger partial charge in [-0.1, -0.05) is 23.4 Å². The summed E-state index contributed by atoms with van der Waals surface area (Å²) in [6.07, 6.45) is 2.46. The van der Waals surface area contributed by atoms with E-state index >= 15 is 0 Å². The van der Waals surface area contributed by atoms with E-state index in [4.69, 9.17) is 9.26 Å². The van der Waals surface area contributed by atoms with Crippen LogP contribution in [0.2, 0.25) is 0 Å². The third-order valence-corrected chi connectivity index (χ3v) is 6.16. The molecule has 0 saturated carbocycles. The second-order valence-corrected chi connectivity index (χ2v) is 8.89. The number of morpholine rings is 1. The molecule has 0 amide bonds. The average molecular weight is 486 g/mol. The molecule has 1 fully saturated rings. The molecule has 34 heavy (non-hydrogen) atoms. The van der Waals surface area contributed by atoms with Crippen molar-refractivity contribution in [3.63, 3.8) is 0 Å². The van der Waals surface area contributed by atoms with Gasteiger partial charge in [-0.2, -0.15) is 13.5 Å². The Morgan fingerprint density at radius 2 is 1.91 bits per heavy atom. The van der Waals surface area contributed by atoms with Gasteiger partial charge >= 0.3 is 0 Å². The van der Waals surface area contributed by atoms with E-state index in [1.165, 1.54) is 12.3 Å². The van der Waals surface area contributed by atoms with Crippen LogP contribution in [-0.2, 0) is 21.4 Å². The molecule has 1 saturated heterocycles. The Kier molecular flexibility index (Phi) is 5.81. The fourth-order valence-corrected chi connectivity index (χ4v) is 4.25. The molecule has 0 unspecified atom stereocenters. The van der Waals surface area contributed by atoms with Crippen LogP contribution in [0.4, 0.5) is 10.2 Å². The second kappa shape index (κ2) is 8.93. The molecule has 0 bridgehead atoms. The van der Waals surface area contributed by atoms with Crippen molar-refractivity contribution < 1.29 is 26.6 Å². The molecule has 3 aromatic heterocycles. The number of anilines is 1. The molecular formula is C21H19FN6O5S. The number of aromatic nitrogens is 5. The predicted molar refractivity (Wildman–Crippen MR) is 117 cm³/mol. The highest BCUT2D eigenvalue weighted by atomic mass is 32.2. The van der Waals surface area contributed by atoms with Crippen LogP contribution in [0.1, 0.15) is 5.56 Å². The standard InChI is InChI=1S/C21H19FN6O5S/c22-15-4-2-1-3-14(15)13-28-18(16-5-8-33-26-16)11-17(25-28)20-23-12-19(34(29,30)31)21(24-20)27-6-9-32-10-7-27/h1-5,8,11-12H,6-7,9-10,13H2,(H,29,30,31). The van der Waals surface area contributed by atoms with Gasteiger partial charge in [-0.05, 0) is 12.1 Å². The summed E-state index contributed by atoms with van der Waals surface area (Å²) < 4.78 is 59.7. The minimum Gasteiger partial charge on any atom is -0.378 e. The van der Waals surface area contributed by atoms with E-state index in [0.717, 1.165) is 6.20 Å². The smallest absolute Gasteiger partial charge is 0.299 e. The summed E-state index contributed by atoms with van der Waals surface area (Å²) in [5.41, 5.74) is 1.73.